The average Bonchev–Trinajstić information content (AvgIpc) is 2.54. The fraction of sp³-hybridized carbons (Fsp3) is 0.125. The normalized spacial score (nSPS) is 12.4. The number of amides is 1. The van der Waals surface area contributed by atoms with Crippen LogP contribution in [0.1, 0.15) is 10.4 Å². The van der Waals surface area contributed by atoms with Crippen molar-refractivity contribution in [2.75, 3.05) is 5.75 Å². The maximum atomic E-state index is 12.2. The third kappa shape index (κ3) is 4.90. The molecule has 0 bridgehead atoms. The largest absolute Gasteiger partial charge is 0.480 e. The Morgan fingerprint density at radius 1 is 1.00 bits per heavy atom. The minimum atomic E-state index is -4.54. The van der Waals surface area contributed by atoms with E-state index in [1.54, 1.807) is 18.2 Å². The lowest BCUT2D eigenvalue weighted by Crippen LogP contribution is -2.45. The third-order valence-electron chi connectivity index (χ3n) is 3.21. The molecule has 2 aromatic rings. The lowest BCUT2D eigenvalue weighted by atomic mass is 10.0. The maximum absolute atomic E-state index is 12.2. The first-order valence-electron chi connectivity index (χ1n) is 6.90. The van der Waals surface area contributed by atoms with Crippen LogP contribution in [0.2, 0.25) is 0 Å². The molecule has 3 N–H and O–H groups in total. The van der Waals surface area contributed by atoms with Crippen molar-refractivity contribution in [2.45, 2.75) is 6.04 Å². The monoisotopic (exact) mass is 349 g/mol. The van der Waals surface area contributed by atoms with E-state index in [1.807, 2.05) is 30.3 Å². The van der Waals surface area contributed by atoms with Gasteiger partial charge in [-0.3, -0.25) is 9.35 Å². The summed E-state index contributed by atoms with van der Waals surface area (Å²) >= 11 is 0. The molecule has 1 amide bonds. The SMILES string of the molecule is O=C(NC(CS(=O)(=O)O)C(=O)O)c1cccc(-c2ccccc2)c1. The topological polar surface area (TPSA) is 121 Å². The fourth-order valence-electron chi connectivity index (χ4n) is 2.10. The predicted octanol–water partition coefficient (Wildman–Crippen LogP) is 1.42. The molecule has 1 unspecified atom stereocenters. The highest BCUT2D eigenvalue weighted by molar-refractivity contribution is 7.85. The van der Waals surface area contributed by atoms with Gasteiger partial charge in [0.05, 0.1) is 0 Å². The van der Waals surface area contributed by atoms with Crippen LogP contribution < -0.4 is 5.32 Å². The molecule has 1 atom stereocenters. The Labute approximate surface area is 138 Å². The van der Waals surface area contributed by atoms with E-state index < -0.39 is 33.8 Å². The Morgan fingerprint density at radius 2 is 1.62 bits per heavy atom. The predicted molar refractivity (Wildman–Crippen MR) is 87.2 cm³/mol. The first-order valence-corrected chi connectivity index (χ1v) is 8.51. The van der Waals surface area contributed by atoms with Crippen molar-refractivity contribution in [2.24, 2.45) is 0 Å². The highest BCUT2D eigenvalue weighted by Gasteiger charge is 2.26. The summed E-state index contributed by atoms with van der Waals surface area (Å²) in [4.78, 5) is 23.2. The zero-order valence-electron chi connectivity index (χ0n) is 12.4. The number of carboxylic acid groups (broad SMARTS) is 1. The number of carbonyl (C=O) groups is 2. The van der Waals surface area contributed by atoms with Gasteiger partial charge in [0.1, 0.15) is 11.8 Å². The number of carboxylic acids is 1. The fourth-order valence-corrected chi connectivity index (χ4v) is 2.74. The van der Waals surface area contributed by atoms with Crippen LogP contribution in [0.15, 0.2) is 54.6 Å². The van der Waals surface area contributed by atoms with Gasteiger partial charge in [-0.1, -0.05) is 42.5 Å². The number of hydrogen-bond acceptors (Lipinski definition) is 4. The standard InChI is InChI=1S/C16H15NO6S/c18-15(17-14(16(19)20)10-24(21,22)23)13-8-4-7-12(9-13)11-5-2-1-3-6-11/h1-9,14H,10H2,(H,17,18)(H,19,20)(H,21,22,23). The number of benzene rings is 2. The van der Waals surface area contributed by atoms with Gasteiger partial charge in [0, 0.05) is 5.56 Å². The van der Waals surface area contributed by atoms with E-state index in [0.717, 1.165) is 11.1 Å². The van der Waals surface area contributed by atoms with Gasteiger partial charge in [0.25, 0.3) is 16.0 Å². The molecule has 0 saturated heterocycles. The van der Waals surface area contributed by atoms with E-state index in [2.05, 4.69) is 5.32 Å². The van der Waals surface area contributed by atoms with E-state index in [9.17, 15) is 18.0 Å². The molecule has 0 aliphatic carbocycles. The van der Waals surface area contributed by atoms with Gasteiger partial charge in [0.15, 0.2) is 0 Å². The molecular formula is C16H15NO6S. The Balaban J connectivity index is 2.22. The minimum Gasteiger partial charge on any atom is -0.480 e. The molecule has 2 rings (SSSR count). The zero-order chi connectivity index (χ0) is 17.7. The van der Waals surface area contributed by atoms with Crippen LogP contribution in [0.4, 0.5) is 0 Å². The Kier molecular flexibility index (Phi) is 5.32. The van der Waals surface area contributed by atoms with Crippen molar-refractivity contribution in [3.63, 3.8) is 0 Å². The molecule has 2 aromatic carbocycles. The average molecular weight is 349 g/mol. The Bertz CT molecular complexity index is 848. The van der Waals surface area contributed by atoms with E-state index in [4.69, 9.17) is 9.66 Å². The number of nitrogens with one attached hydrogen (secondary N) is 1. The second kappa shape index (κ2) is 7.24. The van der Waals surface area contributed by atoms with Gasteiger partial charge in [-0.25, -0.2) is 4.79 Å². The van der Waals surface area contributed by atoms with Crippen LogP contribution in [0.25, 0.3) is 11.1 Å². The summed E-state index contributed by atoms with van der Waals surface area (Å²) in [7, 11) is -4.54. The van der Waals surface area contributed by atoms with Gasteiger partial charge in [-0.15, -0.1) is 0 Å². The summed E-state index contributed by atoms with van der Waals surface area (Å²) in [6.07, 6.45) is 0. The van der Waals surface area contributed by atoms with Crippen LogP contribution in [0.3, 0.4) is 0 Å². The lowest BCUT2D eigenvalue weighted by molar-refractivity contribution is -0.138. The van der Waals surface area contributed by atoms with Crippen LogP contribution >= 0.6 is 0 Å². The van der Waals surface area contributed by atoms with Crippen molar-refractivity contribution in [3.8, 4) is 11.1 Å². The first kappa shape index (κ1) is 17.6. The zero-order valence-corrected chi connectivity index (χ0v) is 13.2. The highest BCUT2D eigenvalue weighted by Crippen LogP contribution is 2.20. The van der Waals surface area contributed by atoms with Crippen LogP contribution in [-0.4, -0.2) is 41.7 Å². The molecule has 0 aliphatic heterocycles. The summed E-state index contributed by atoms with van der Waals surface area (Å²) in [5, 5.41) is 11.1. The molecular weight excluding hydrogens is 334 g/mol. The summed E-state index contributed by atoms with van der Waals surface area (Å²) in [6.45, 7) is 0. The molecule has 0 spiro atoms. The van der Waals surface area contributed by atoms with Gasteiger partial charge in [-0.2, -0.15) is 8.42 Å². The van der Waals surface area contributed by atoms with Gasteiger partial charge < -0.3 is 10.4 Å². The maximum Gasteiger partial charge on any atom is 0.327 e. The smallest absolute Gasteiger partial charge is 0.327 e. The summed E-state index contributed by atoms with van der Waals surface area (Å²) in [6, 6.07) is 14.0. The summed E-state index contributed by atoms with van der Waals surface area (Å²) in [5.74, 6) is -3.41. The Hall–Kier alpha value is -2.71. The molecule has 8 heteroatoms. The Morgan fingerprint density at radius 3 is 2.21 bits per heavy atom. The molecule has 0 heterocycles. The van der Waals surface area contributed by atoms with E-state index in [-0.39, 0.29) is 5.56 Å². The molecule has 24 heavy (non-hydrogen) atoms. The van der Waals surface area contributed by atoms with Gasteiger partial charge in [0.2, 0.25) is 0 Å². The summed E-state index contributed by atoms with van der Waals surface area (Å²) in [5.41, 5.74) is 1.81. The summed E-state index contributed by atoms with van der Waals surface area (Å²) < 4.78 is 30.5. The van der Waals surface area contributed by atoms with Crippen molar-refractivity contribution in [3.05, 3.63) is 60.2 Å². The van der Waals surface area contributed by atoms with Crippen LogP contribution in [0.5, 0.6) is 0 Å². The van der Waals surface area contributed by atoms with Crippen molar-refractivity contribution >= 4 is 22.0 Å². The number of hydrogen-bond donors (Lipinski definition) is 3. The molecule has 0 fully saturated rings. The van der Waals surface area contributed by atoms with E-state index in [0.29, 0.717) is 0 Å². The quantitative estimate of drug-likeness (QED) is 0.678. The highest BCUT2D eigenvalue weighted by atomic mass is 32.2. The van der Waals surface area contributed by atoms with Crippen molar-refractivity contribution < 1.29 is 27.7 Å². The van der Waals surface area contributed by atoms with Crippen molar-refractivity contribution in [1.82, 2.24) is 5.32 Å². The van der Waals surface area contributed by atoms with Gasteiger partial charge >= 0.3 is 5.97 Å². The molecule has 7 nitrogen and oxygen atoms in total. The molecule has 0 aromatic heterocycles. The van der Waals surface area contributed by atoms with Crippen LogP contribution in [-0.2, 0) is 14.9 Å². The lowest BCUT2D eigenvalue weighted by Gasteiger charge is -2.13. The van der Waals surface area contributed by atoms with E-state index >= 15 is 0 Å². The second-order valence-corrected chi connectivity index (χ2v) is 6.56. The molecule has 0 aliphatic rings. The molecule has 126 valence electrons. The second-order valence-electron chi connectivity index (χ2n) is 5.06. The number of rotatable bonds is 6. The van der Waals surface area contributed by atoms with Gasteiger partial charge in [-0.05, 0) is 23.3 Å². The van der Waals surface area contributed by atoms with E-state index in [1.165, 1.54) is 6.07 Å². The minimum absolute atomic E-state index is 0.179. The number of aliphatic carboxylic acids is 1. The third-order valence-corrected chi connectivity index (χ3v) is 3.97. The molecule has 0 radical (unpaired) electrons. The molecule has 0 saturated carbocycles. The van der Waals surface area contributed by atoms with Crippen molar-refractivity contribution in [1.29, 1.82) is 0 Å². The van der Waals surface area contributed by atoms with Crippen LogP contribution in [0, 0.1) is 0 Å². The first-order chi connectivity index (χ1) is 11.3. The number of carbonyl (C=O) groups excluding carboxylic acids is 1.